The highest BCUT2D eigenvalue weighted by Gasteiger charge is 2.21. The Labute approximate surface area is 158 Å². The summed E-state index contributed by atoms with van der Waals surface area (Å²) in [6.07, 6.45) is 1.43. The number of carbonyl (C=O) groups is 3. The number of hydrogen-bond donors (Lipinski definition) is 2. The van der Waals surface area contributed by atoms with Gasteiger partial charge in [-0.3, -0.25) is 14.4 Å². The van der Waals surface area contributed by atoms with Gasteiger partial charge in [0.15, 0.2) is 0 Å². The molecular formula is C21H23N3O3. The van der Waals surface area contributed by atoms with Crippen LogP contribution in [0.5, 0.6) is 0 Å². The van der Waals surface area contributed by atoms with Crippen LogP contribution in [0.4, 0.5) is 11.4 Å². The summed E-state index contributed by atoms with van der Waals surface area (Å²) < 4.78 is 0. The highest BCUT2D eigenvalue weighted by Crippen LogP contribution is 2.21. The van der Waals surface area contributed by atoms with E-state index in [1.54, 1.807) is 29.2 Å². The molecule has 2 aromatic carbocycles. The van der Waals surface area contributed by atoms with Crippen LogP contribution < -0.4 is 15.5 Å². The number of amides is 3. The van der Waals surface area contributed by atoms with Gasteiger partial charge in [-0.25, -0.2) is 0 Å². The lowest BCUT2D eigenvalue weighted by molar-refractivity contribution is -0.117. The van der Waals surface area contributed by atoms with Crippen molar-refractivity contribution in [3.63, 3.8) is 0 Å². The Hall–Kier alpha value is -3.15. The molecule has 0 saturated carbocycles. The molecule has 0 aliphatic carbocycles. The molecule has 140 valence electrons. The summed E-state index contributed by atoms with van der Waals surface area (Å²) in [4.78, 5) is 37.8. The number of nitrogens with one attached hydrogen (secondary N) is 2. The van der Waals surface area contributed by atoms with Gasteiger partial charge in [-0.05, 0) is 67.8 Å². The first kappa shape index (κ1) is 18.6. The van der Waals surface area contributed by atoms with Gasteiger partial charge in [-0.1, -0.05) is 6.07 Å². The average Bonchev–Trinajstić information content (AvgIpc) is 3.05. The fraction of sp³-hybridized carbons (Fsp3) is 0.286. The maximum Gasteiger partial charge on any atom is 0.251 e. The van der Waals surface area contributed by atoms with Crippen molar-refractivity contribution in [3.8, 4) is 0 Å². The summed E-state index contributed by atoms with van der Waals surface area (Å²) >= 11 is 0. The van der Waals surface area contributed by atoms with Gasteiger partial charge in [-0.2, -0.15) is 0 Å². The van der Waals surface area contributed by atoms with Gasteiger partial charge in [0.2, 0.25) is 11.8 Å². The molecule has 3 amide bonds. The maximum absolute atomic E-state index is 12.2. The van der Waals surface area contributed by atoms with Gasteiger partial charge in [0.25, 0.3) is 5.91 Å². The summed E-state index contributed by atoms with van der Waals surface area (Å²) in [6, 6.07) is 12.6. The van der Waals surface area contributed by atoms with Crippen LogP contribution in [0.2, 0.25) is 0 Å². The quantitative estimate of drug-likeness (QED) is 0.855. The molecule has 27 heavy (non-hydrogen) atoms. The van der Waals surface area contributed by atoms with Crippen molar-refractivity contribution in [2.45, 2.75) is 26.7 Å². The normalized spacial score (nSPS) is 13.6. The molecule has 0 spiro atoms. The van der Waals surface area contributed by atoms with Crippen LogP contribution in [0.3, 0.4) is 0 Å². The summed E-state index contributed by atoms with van der Waals surface area (Å²) in [6.45, 7) is 4.52. The third-order valence-corrected chi connectivity index (χ3v) is 4.43. The lowest BCUT2D eigenvalue weighted by Crippen LogP contribution is -2.33. The zero-order valence-corrected chi connectivity index (χ0v) is 15.5. The smallest absolute Gasteiger partial charge is 0.251 e. The third kappa shape index (κ3) is 4.73. The molecule has 2 aromatic rings. The van der Waals surface area contributed by atoms with Gasteiger partial charge in [0, 0.05) is 29.9 Å². The molecule has 1 aliphatic rings. The van der Waals surface area contributed by atoms with Crippen molar-refractivity contribution in [2.24, 2.45) is 0 Å². The molecule has 0 radical (unpaired) electrons. The Morgan fingerprint density at radius 2 is 1.70 bits per heavy atom. The topological polar surface area (TPSA) is 78.5 Å². The predicted molar refractivity (Wildman–Crippen MR) is 105 cm³/mol. The van der Waals surface area contributed by atoms with Crippen LogP contribution in [0, 0.1) is 13.8 Å². The number of benzene rings is 2. The van der Waals surface area contributed by atoms with Crippen LogP contribution in [-0.4, -0.2) is 30.8 Å². The van der Waals surface area contributed by atoms with Gasteiger partial charge in [0.1, 0.15) is 0 Å². The van der Waals surface area contributed by atoms with E-state index in [9.17, 15) is 14.4 Å². The standard InChI is InChI=1S/C21H23N3O3/c1-14-10-15(2)12-17(11-14)23-19(25)13-22-21(27)16-5-7-18(8-6-16)24-9-3-4-20(24)26/h5-8,10-12H,3-4,9,13H2,1-2H3,(H,22,27)(H,23,25). The van der Waals surface area contributed by atoms with Crippen LogP contribution in [0.15, 0.2) is 42.5 Å². The summed E-state index contributed by atoms with van der Waals surface area (Å²) in [5, 5.41) is 5.40. The molecule has 1 heterocycles. The zero-order valence-electron chi connectivity index (χ0n) is 15.5. The molecule has 6 nitrogen and oxygen atoms in total. The maximum atomic E-state index is 12.2. The molecular weight excluding hydrogens is 342 g/mol. The molecule has 3 rings (SSSR count). The van der Waals surface area contributed by atoms with Crippen molar-refractivity contribution >= 4 is 29.1 Å². The van der Waals surface area contributed by atoms with E-state index in [0.29, 0.717) is 24.2 Å². The molecule has 6 heteroatoms. The minimum absolute atomic E-state index is 0.107. The van der Waals surface area contributed by atoms with E-state index in [4.69, 9.17) is 0 Å². The number of rotatable bonds is 5. The highest BCUT2D eigenvalue weighted by atomic mass is 16.2. The fourth-order valence-electron chi connectivity index (χ4n) is 3.23. The minimum Gasteiger partial charge on any atom is -0.343 e. The van der Waals surface area contributed by atoms with Gasteiger partial charge in [-0.15, -0.1) is 0 Å². The number of anilines is 2. The van der Waals surface area contributed by atoms with E-state index in [1.807, 2.05) is 32.0 Å². The first-order valence-electron chi connectivity index (χ1n) is 8.99. The van der Waals surface area contributed by atoms with E-state index in [1.165, 1.54) is 0 Å². The first-order chi connectivity index (χ1) is 12.9. The van der Waals surface area contributed by atoms with Crippen molar-refractivity contribution < 1.29 is 14.4 Å². The minimum atomic E-state index is -0.329. The Balaban J connectivity index is 1.54. The predicted octanol–water partition coefficient (Wildman–Crippen LogP) is 2.80. The summed E-state index contributed by atoms with van der Waals surface area (Å²) in [7, 11) is 0. The Morgan fingerprint density at radius 1 is 1.04 bits per heavy atom. The number of hydrogen-bond acceptors (Lipinski definition) is 3. The number of nitrogens with zero attached hydrogens (tertiary/aromatic N) is 1. The molecule has 0 aromatic heterocycles. The molecule has 1 fully saturated rings. The van der Waals surface area contributed by atoms with Crippen molar-refractivity contribution in [1.29, 1.82) is 0 Å². The van der Waals surface area contributed by atoms with E-state index in [2.05, 4.69) is 10.6 Å². The van der Waals surface area contributed by atoms with Crippen LogP contribution in [0.25, 0.3) is 0 Å². The average molecular weight is 365 g/mol. The molecule has 0 unspecified atom stereocenters. The van der Waals surface area contributed by atoms with E-state index < -0.39 is 0 Å². The Kier molecular flexibility index (Phi) is 5.54. The Bertz CT molecular complexity index is 854. The fourth-order valence-corrected chi connectivity index (χ4v) is 3.23. The van der Waals surface area contributed by atoms with Crippen molar-refractivity contribution in [2.75, 3.05) is 23.3 Å². The van der Waals surface area contributed by atoms with Crippen molar-refractivity contribution in [1.82, 2.24) is 5.32 Å². The monoisotopic (exact) mass is 365 g/mol. The number of aryl methyl sites for hydroxylation is 2. The molecule has 1 saturated heterocycles. The molecule has 0 atom stereocenters. The van der Waals surface area contributed by atoms with E-state index in [-0.39, 0.29) is 24.3 Å². The first-order valence-corrected chi connectivity index (χ1v) is 8.99. The number of carbonyl (C=O) groups excluding carboxylic acids is 3. The van der Waals surface area contributed by atoms with Crippen molar-refractivity contribution in [3.05, 3.63) is 59.2 Å². The Morgan fingerprint density at radius 3 is 2.30 bits per heavy atom. The van der Waals surface area contributed by atoms with Gasteiger partial charge in [0.05, 0.1) is 6.54 Å². The summed E-state index contributed by atoms with van der Waals surface area (Å²) in [5.41, 5.74) is 4.08. The van der Waals surface area contributed by atoms with Gasteiger partial charge >= 0.3 is 0 Å². The molecule has 0 bridgehead atoms. The lowest BCUT2D eigenvalue weighted by atomic mass is 10.1. The molecule has 1 aliphatic heterocycles. The second-order valence-corrected chi connectivity index (χ2v) is 6.80. The van der Waals surface area contributed by atoms with E-state index >= 15 is 0 Å². The van der Waals surface area contributed by atoms with Crippen LogP contribution >= 0.6 is 0 Å². The largest absolute Gasteiger partial charge is 0.343 e. The lowest BCUT2D eigenvalue weighted by Gasteiger charge is -2.15. The van der Waals surface area contributed by atoms with E-state index in [0.717, 1.165) is 23.2 Å². The zero-order chi connectivity index (χ0) is 19.4. The van der Waals surface area contributed by atoms with Gasteiger partial charge < -0.3 is 15.5 Å². The highest BCUT2D eigenvalue weighted by molar-refractivity contribution is 6.00. The molecule has 2 N–H and O–H groups in total. The van der Waals surface area contributed by atoms with Crippen LogP contribution in [-0.2, 0) is 9.59 Å². The SMILES string of the molecule is Cc1cc(C)cc(NC(=O)CNC(=O)c2ccc(N3CCCC3=O)cc2)c1. The third-order valence-electron chi connectivity index (χ3n) is 4.43. The summed E-state index contributed by atoms with van der Waals surface area (Å²) in [5.74, 6) is -0.507. The second-order valence-electron chi connectivity index (χ2n) is 6.80. The van der Waals surface area contributed by atoms with Crippen LogP contribution in [0.1, 0.15) is 34.3 Å². The second kappa shape index (κ2) is 8.03.